The number of nitrogens with two attached hydrogens (primary N) is 1. The van der Waals surface area contributed by atoms with Gasteiger partial charge in [-0.2, -0.15) is 0 Å². The molecular weight excluding hydrogens is 252 g/mol. The Bertz CT molecular complexity index is 655. The summed E-state index contributed by atoms with van der Waals surface area (Å²) in [6.45, 7) is 2.91. The lowest BCUT2D eigenvalue weighted by molar-refractivity contribution is -0.913. The number of fused-ring (bicyclic) bond motifs is 1. The van der Waals surface area contributed by atoms with E-state index >= 15 is 0 Å². The largest absolute Gasteiger partial charge is 0.422 e. The van der Waals surface area contributed by atoms with Crippen molar-refractivity contribution in [2.75, 3.05) is 18.8 Å². The highest BCUT2D eigenvalue weighted by Gasteiger charge is 2.19. The van der Waals surface area contributed by atoms with Gasteiger partial charge in [-0.05, 0) is 37.8 Å². The fraction of sp³-hybridized carbons (Fsp3) is 0.438. The summed E-state index contributed by atoms with van der Waals surface area (Å²) in [5.41, 5.74) is 7.73. The van der Waals surface area contributed by atoms with Gasteiger partial charge in [0.25, 0.3) is 0 Å². The van der Waals surface area contributed by atoms with Gasteiger partial charge < -0.3 is 15.1 Å². The van der Waals surface area contributed by atoms with Crippen LogP contribution in [-0.2, 0) is 6.54 Å². The molecule has 1 aliphatic heterocycles. The van der Waals surface area contributed by atoms with E-state index in [0.29, 0.717) is 23.4 Å². The molecule has 2 aromatic rings. The predicted molar refractivity (Wildman–Crippen MR) is 79.8 cm³/mol. The molecule has 0 atom stereocenters. The fourth-order valence-corrected chi connectivity index (χ4v) is 3.03. The summed E-state index contributed by atoms with van der Waals surface area (Å²) < 4.78 is 5.40. The summed E-state index contributed by atoms with van der Waals surface area (Å²) in [7, 11) is 0. The molecule has 106 valence electrons. The van der Waals surface area contributed by atoms with Crippen LogP contribution in [0.5, 0.6) is 0 Å². The minimum absolute atomic E-state index is 0.280. The number of likely N-dealkylation sites (tertiary alicyclic amines) is 1. The molecule has 0 aliphatic carbocycles. The molecule has 1 aromatic heterocycles. The lowest BCUT2D eigenvalue weighted by Gasteiger charge is -2.17. The Labute approximate surface area is 118 Å². The van der Waals surface area contributed by atoms with Crippen molar-refractivity contribution in [2.45, 2.75) is 32.2 Å². The van der Waals surface area contributed by atoms with Crippen LogP contribution in [0.2, 0.25) is 0 Å². The normalized spacial score (nSPS) is 17.2. The van der Waals surface area contributed by atoms with E-state index in [0.717, 1.165) is 18.5 Å². The molecule has 0 amide bonds. The number of rotatable bonds is 2. The standard InChI is InChI=1S/C16H20N2O2/c17-15-12-7-3-4-8-14(12)20-16(19)13(15)11-18-9-5-1-2-6-10-18/h3-4,7-8H,1-2,5-6,9-11,17H2/p+1. The van der Waals surface area contributed by atoms with E-state index in [9.17, 15) is 4.79 Å². The summed E-state index contributed by atoms with van der Waals surface area (Å²) in [5, 5.41) is 0.844. The third-order valence-corrected chi connectivity index (χ3v) is 4.19. The predicted octanol–water partition coefficient (Wildman–Crippen LogP) is 1.33. The Morgan fingerprint density at radius 3 is 2.55 bits per heavy atom. The van der Waals surface area contributed by atoms with Crippen LogP contribution in [0, 0.1) is 0 Å². The van der Waals surface area contributed by atoms with E-state index in [1.165, 1.54) is 30.6 Å². The molecular formula is C16H21N2O2+. The molecule has 3 N–H and O–H groups in total. The minimum Gasteiger partial charge on any atom is -0.422 e. The Morgan fingerprint density at radius 1 is 1.10 bits per heavy atom. The number of nitrogen functional groups attached to an aromatic ring is 1. The molecule has 1 fully saturated rings. The molecule has 1 aromatic carbocycles. The van der Waals surface area contributed by atoms with Gasteiger partial charge in [0.05, 0.1) is 18.8 Å². The van der Waals surface area contributed by atoms with E-state index < -0.39 is 0 Å². The second-order valence-electron chi connectivity index (χ2n) is 5.62. The van der Waals surface area contributed by atoms with Crippen molar-refractivity contribution in [1.29, 1.82) is 0 Å². The minimum atomic E-state index is -0.280. The van der Waals surface area contributed by atoms with Gasteiger partial charge >= 0.3 is 5.63 Å². The van der Waals surface area contributed by atoms with Crippen molar-refractivity contribution in [3.05, 3.63) is 40.2 Å². The summed E-state index contributed by atoms with van der Waals surface area (Å²) in [5.74, 6) is 0. The van der Waals surface area contributed by atoms with Crippen LogP contribution in [-0.4, -0.2) is 13.1 Å². The first-order chi connectivity index (χ1) is 9.75. The molecule has 0 unspecified atom stereocenters. The average molecular weight is 273 g/mol. The molecule has 1 aliphatic rings. The number of hydrogen-bond donors (Lipinski definition) is 2. The van der Waals surface area contributed by atoms with Crippen LogP contribution >= 0.6 is 0 Å². The van der Waals surface area contributed by atoms with Crippen molar-refractivity contribution >= 4 is 16.7 Å². The van der Waals surface area contributed by atoms with Crippen molar-refractivity contribution in [2.24, 2.45) is 0 Å². The topological polar surface area (TPSA) is 60.7 Å². The highest BCUT2D eigenvalue weighted by Crippen LogP contribution is 2.21. The molecule has 4 heteroatoms. The highest BCUT2D eigenvalue weighted by molar-refractivity contribution is 5.89. The van der Waals surface area contributed by atoms with Gasteiger partial charge in [0.2, 0.25) is 0 Å². The molecule has 0 spiro atoms. The van der Waals surface area contributed by atoms with Crippen molar-refractivity contribution in [1.82, 2.24) is 0 Å². The number of quaternary nitrogens is 1. The Balaban J connectivity index is 1.96. The zero-order valence-corrected chi connectivity index (χ0v) is 11.7. The summed E-state index contributed by atoms with van der Waals surface area (Å²) in [6, 6.07) is 7.47. The van der Waals surface area contributed by atoms with Crippen molar-refractivity contribution in [3.63, 3.8) is 0 Å². The molecule has 20 heavy (non-hydrogen) atoms. The Kier molecular flexibility index (Phi) is 3.74. The number of benzene rings is 1. The van der Waals surface area contributed by atoms with Crippen LogP contribution in [0.25, 0.3) is 11.0 Å². The molecule has 0 bridgehead atoms. The molecule has 0 radical (unpaired) electrons. The maximum Gasteiger partial charge on any atom is 0.347 e. The number of para-hydroxylation sites is 1. The monoisotopic (exact) mass is 273 g/mol. The van der Waals surface area contributed by atoms with Gasteiger partial charge in [-0.15, -0.1) is 0 Å². The SMILES string of the molecule is Nc1c(C[NH+]2CCCCCC2)c(=O)oc2ccccc12. The number of anilines is 1. The Morgan fingerprint density at radius 2 is 1.80 bits per heavy atom. The third kappa shape index (κ3) is 2.56. The van der Waals surface area contributed by atoms with Crippen LogP contribution in [0.4, 0.5) is 5.69 Å². The Hall–Kier alpha value is -1.81. The van der Waals surface area contributed by atoms with Gasteiger partial charge in [-0.25, -0.2) is 4.79 Å². The molecule has 0 saturated carbocycles. The maximum absolute atomic E-state index is 12.2. The van der Waals surface area contributed by atoms with Crippen molar-refractivity contribution < 1.29 is 9.32 Å². The molecule has 1 saturated heterocycles. The molecule has 3 rings (SSSR count). The zero-order valence-electron chi connectivity index (χ0n) is 11.7. The van der Waals surface area contributed by atoms with E-state index in [4.69, 9.17) is 10.2 Å². The highest BCUT2D eigenvalue weighted by atomic mass is 16.4. The quantitative estimate of drug-likeness (QED) is 0.812. The summed E-state index contributed by atoms with van der Waals surface area (Å²) in [6.07, 6.45) is 5.05. The van der Waals surface area contributed by atoms with E-state index in [2.05, 4.69) is 0 Å². The maximum atomic E-state index is 12.2. The first kappa shape index (κ1) is 13.2. The smallest absolute Gasteiger partial charge is 0.347 e. The lowest BCUT2D eigenvalue weighted by atomic mass is 10.1. The van der Waals surface area contributed by atoms with E-state index in [1.54, 1.807) is 6.07 Å². The van der Waals surface area contributed by atoms with Crippen LogP contribution < -0.4 is 16.3 Å². The van der Waals surface area contributed by atoms with Crippen LogP contribution in [0.15, 0.2) is 33.5 Å². The van der Waals surface area contributed by atoms with Gasteiger partial charge in [0.15, 0.2) is 0 Å². The molecule has 4 nitrogen and oxygen atoms in total. The fourth-order valence-electron chi connectivity index (χ4n) is 3.03. The first-order valence-electron chi connectivity index (χ1n) is 7.39. The van der Waals surface area contributed by atoms with Crippen molar-refractivity contribution in [3.8, 4) is 0 Å². The average Bonchev–Trinajstić information content (AvgIpc) is 2.72. The third-order valence-electron chi connectivity index (χ3n) is 4.19. The summed E-state index contributed by atoms with van der Waals surface area (Å²) >= 11 is 0. The van der Waals surface area contributed by atoms with E-state index in [-0.39, 0.29) is 5.63 Å². The first-order valence-corrected chi connectivity index (χ1v) is 7.39. The van der Waals surface area contributed by atoms with Gasteiger partial charge in [-0.1, -0.05) is 12.1 Å². The van der Waals surface area contributed by atoms with Crippen LogP contribution in [0.3, 0.4) is 0 Å². The van der Waals surface area contributed by atoms with E-state index in [1.807, 2.05) is 18.2 Å². The second-order valence-corrected chi connectivity index (χ2v) is 5.62. The lowest BCUT2D eigenvalue weighted by Crippen LogP contribution is -3.10. The summed E-state index contributed by atoms with van der Waals surface area (Å²) in [4.78, 5) is 13.6. The number of nitrogens with one attached hydrogen (secondary N) is 1. The van der Waals surface area contributed by atoms with Gasteiger partial charge in [0, 0.05) is 5.39 Å². The van der Waals surface area contributed by atoms with Gasteiger partial charge in [0.1, 0.15) is 17.7 Å². The second kappa shape index (κ2) is 5.67. The zero-order chi connectivity index (χ0) is 13.9. The van der Waals surface area contributed by atoms with Crippen LogP contribution in [0.1, 0.15) is 31.2 Å². The van der Waals surface area contributed by atoms with Gasteiger partial charge in [-0.3, -0.25) is 0 Å². The number of hydrogen-bond acceptors (Lipinski definition) is 3. The molecule has 2 heterocycles.